The van der Waals surface area contributed by atoms with E-state index in [1.165, 1.54) is 4.90 Å². The molecule has 0 saturated heterocycles. The van der Waals surface area contributed by atoms with Crippen molar-refractivity contribution in [2.45, 2.75) is 6.10 Å². The molecule has 2 aromatic carbocycles. The van der Waals surface area contributed by atoms with Gasteiger partial charge in [-0.1, -0.05) is 47.5 Å². The Labute approximate surface area is 139 Å². The molecule has 1 unspecified atom stereocenters. The first-order valence-corrected chi connectivity index (χ1v) is 7.43. The van der Waals surface area contributed by atoms with Crippen LogP contribution in [0.25, 0.3) is 0 Å². The molecule has 0 radical (unpaired) electrons. The van der Waals surface area contributed by atoms with Crippen molar-refractivity contribution < 1.29 is 9.90 Å². The highest BCUT2D eigenvalue weighted by Gasteiger charge is 2.16. The summed E-state index contributed by atoms with van der Waals surface area (Å²) < 4.78 is 0. The molecule has 0 spiro atoms. The number of carbonyl (C=O) groups is 1. The molecule has 4 nitrogen and oxygen atoms in total. The van der Waals surface area contributed by atoms with Crippen molar-refractivity contribution >= 4 is 34.9 Å². The van der Waals surface area contributed by atoms with Crippen LogP contribution in [-0.4, -0.2) is 29.6 Å². The SMILES string of the molecule is CN(CC(O)c1ccc(Cl)c(Cl)c1)C(=O)Nc1ccccc1. The lowest BCUT2D eigenvalue weighted by Gasteiger charge is -2.21. The van der Waals surface area contributed by atoms with Crippen molar-refractivity contribution in [2.75, 3.05) is 18.9 Å². The fourth-order valence-electron chi connectivity index (χ4n) is 1.91. The van der Waals surface area contributed by atoms with Gasteiger partial charge >= 0.3 is 6.03 Å². The monoisotopic (exact) mass is 338 g/mol. The fraction of sp³-hybridized carbons (Fsp3) is 0.188. The highest BCUT2D eigenvalue weighted by Crippen LogP contribution is 2.26. The van der Waals surface area contributed by atoms with Gasteiger partial charge in [0.25, 0.3) is 0 Å². The maximum atomic E-state index is 12.1. The van der Waals surface area contributed by atoms with Crippen LogP contribution in [0.1, 0.15) is 11.7 Å². The highest BCUT2D eigenvalue weighted by atomic mass is 35.5. The molecule has 2 amide bonds. The smallest absolute Gasteiger partial charge is 0.321 e. The number of rotatable bonds is 4. The normalized spacial score (nSPS) is 11.8. The molecule has 0 saturated carbocycles. The van der Waals surface area contributed by atoms with E-state index in [-0.39, 0.29) is 12.6 Å². The minimum absolute atomic E-state index is 0.136. The number of anilines is 1. The van der Waals surface area contributed by atoms with Crippen LogP contribution >= 0.6 is 23.2 Å². The van der Waals surface area contributed by atoms with E-state index in [1.54, 1.807) is 37.4 Å². The van der Waals surface area contributed by atoms with Crippen molar-refractivity contribution in [1.82, 2.24) is 4.90 Å². The van der Waals surface area contributed by atoms with Crippen LogP contribution in [0.3, 0.4) is 0 Å². The first-order valence-electron chi connectivity index (χ1n) is 6.67. The zero-order valence-corrected chi connectivity index (χ0v) is 13.5. The van der Waals surface area contributed by atoms with Gasteiger partial charge in [0.2, 0.25) is 0 Å². The lowest BCUT2D eigenvalue weighted by molar-refractivity contribution is 0.136. The minimum Gasteiger partial charge on any atom is -0.387 e. The van der Waals surface area contributed by atoms with Crippen LogP contribution in [-0.2, 0) is 0 Å². The number of halogens is 2. The summed E-state index contributed by atoms with van der Waals surface area (Å²) in [5.74, 6) is 0. The Morgan fingerprint density at radius 2 is 1.86 bits per heavy atom. The molecule has 22 heavy (non-hydrogen) atoms. The van der Waals surface area contributed by atoms with E-state index < -0.39 is 6.10 Å². The summed E-state index contributed by atoms with van der Waals surface area (Å²) in [6.45, 7) is 0.136. The number of hydrogen-bond acceptors (Lipinski definition) is 2. The number of urea groups is 1. The number of nitrogens with zero attached hydrogens (tertiary/aromatic N) is 1. The van der Waals surface area contributed by atoms with Gasteiger partial charge in [-0.2, -0.15) is 0 Å². The van der Waals surface area contributed by atoms with Gasteiger partial charge in [0.15, 0.2) is 0 Å². The van der Waals surface area contributed by atoms with E-state index in [9.17, 15) is 9.90 Å². The number of amides is 2. The van der Waals surface area contributed by atoms with E-state index >= 15 is 0 Å². The highest BCUT2D eigenvalue weighted by molar-refractivity contribution is 6.42. The zero-order valence-electron chi connectivity index (χ0n) is 12.0. The predicted octanol–water partition coefficient (Wildman–Crippen LogP) is 4.19. The van der Waals surface area contributed by atoms with Gasteiger partial charge in [-0.05, 0) is 29.8 Å². The number of likely N-dealkylation sites (N-methyl/N-ethyl adjacent to an activating group) is 1. The number of aliphatic hydroxyl groups is 1. The summed E-state index contributed by atoms with van der Waals surface area (Å²) in [5, 5.41) is 13.7. The fourth-order valence-corrected chi connectivity index (χ4v) is 2.21. The number of nitrogens with one attached hydrogen (secondary N) is 1. The van der Waals surface area contributed by atoms with Gasteiger partial charge < -0.3 is 15.3 Å². The standard InChI is InChI=1S/C16H16Cl2N2O2/c1-20(16(22)19-12-5-3-2-4-6-12)10-15(21)11-7-8-13(17)14(18)9-11/h2-9,15,21H,10H2,1H3,(H,19,22). The molecule has 0 aliphatic heterocycles. The van der Waals surface area contributed by atoms with Gasteiger partial charge in [0.05, 0.1) is 22.7 Å². The number of para-hydroxylation sites is 1. The van der Waals surface area contributed by atoms with Gasteiger partial charge in [0.1, 0.15) is 0 Å². The quantitative estimate of drug-likeness (QED) is 0.878. The van der Waals surface area contributed by atoms with Gasteiger partial charge in [-0.3, -0.25) is 0 Å². The molecule has 1 atom stereocenters. The zero-order chi connectivity index (χ0) is 16.1. The van der Waals surface area contributed by atoms with Crippen LogP contribution in [0, 0.1) is 0 Å². The number of carbonyl (C=O) groups excluding carboxylic acids is 1. The summed E-state index contributed by atoms with van der Waals surface area (Å²) in [7, 11) is 1.61. The lowest BCUT2D eigenvalue weighted by Crippen LogP contribution is -2.34. The van der Waals surface area contributed by atoms with Crippen LogP contribution in [0.5, 0.6) is 0 Å². The molecule has 0 heterocycles. The average molecular weight is 339 g/mol. The summed E-state index contributed by atoms with van der Waals surface area (Å²) in [4.78, 5) is 13.5. The Balaban J connectivity index is 1.96. The molecule has 0 fully saturated rings. The summed E-state index contributed by atoms with van der Waals surface area (Å²) >= 11 is 11.8. The van der Waals surface area contributed by atoms with Gasteiger partial charge in [-0.25, -0.2) is 4.79 Å². The van der Waals surface area contributed by atoms with E-state index in [4.69, 9.17) is 23.2 Å². The van der Waals surface area contributed by atoms with Crippen LogP contribution in [0.15, 0.2) is 48.5 Å². The molecule has 0 aliphatic carbocycles. The van der Waals surface area contributed by atoms with Gasteiger partial charge in [-0.15, -0.1) is 0 Å². The van der Waals surface area contributed by atoms with E-state index in [0.29, 0.717) is 21.3 Å². The van der Waals surface area contributed by atoms with E-state index in [1.807, 2.05) is 18.2 Å². The van der Waals surface area contributed by atoms with Crippen molar-refractivity contribution in [2.24, 2.45) is 0 Å². The lowest BCUT2D eigenvalue weighted by atomic mass is 10.1. The summed E-state index contributed by atoms with van der Waals surface area (Å²) in [6.07, 6.45) is -0.846. The first-order chi connectivity index (χ1) is 10.5. The molecule has 6 heteroatoms. The van der Waals surface area contributed by atoms with Crippen molar-refractivity contribution in [1.29, 1.82) is 0 Å². The Morgan fingerprint density at radius 1 is 1.18 bits per heavy atom. The number of benzene rings is 2. The molecule has 2 N–H and O–H groups in total. The topological polar surface area (TPSA) is 52.6 Å². The van der Waals surface area contributed by atoms with E-state index in [2.05, 4.69) is 5.32 Å². The second-order valence-electron chi connectivity index (χ2n) is 4.87. The Bertz CT molecular complexity index is 650. The Hall–Kier alpha value is -1.75. The molecule has 2 rings (SSSR count). The maximum Gasteiger partial charge on any atom is 0.321 e. The van der Waals surface area contributed by atoms with Crippen molar-refractivity contribution in [3.8, 4) is 0 Å². The molecular formula is C16H16Cl2N2O2. The number of hydrogen-bond donors (Lipinski definition) is 2. The van der Waals surface area contributed by atoms with Crippen LogP contribution in [0.2, 0.25) is 10.0 Å². The van der Waals surface area contributed by atoms with Crippen LogP contribution < -0.4 is 5.32 Å². The summed E-state index contributed by atoms with van der Waals surface area (Å²) in [6, 6.07) is 13.7. The maximum absolute atomic E-state index is 12.1. The minimum atomic E-state index is -0.846. The average Bonchev–Trinajstić information content (AvgIpc) is 2.50. The molecule has 2 aromatic rings. The largest absolute Gasteiger partial charge is 0.387 e. The third kappa shape index (κ3) is 4.37. The first kappa shape index (κ1) is 16.6. The Kier molecular flexibility index (Phi) is 5.66. The Morgan fingerprint density at radius 3 is 2.50 bits per heavy atom. The second-order valence-corrected chi connectivity index (χ2v) is 5.68. The predicted molar refractivity (Wildman–Crippen MR) is 89.5 cm³/mol. The third-order valence-electron chi connectivity index (χ3n) is 3.15. The molecular weight excluding hydrogens is 323 g/mol. The van der Waals surface area contributed by atoms with Gasteiger partial charge in [0, 0.05) is 12.7 Å². The molecule has 0 aliphatic rings. The number of aliphatic hydroxyl groups excluding tert-OH is 1. The van der Waals surface area contributed by atoms with Crippen molar-refractivity contribution in [3.63, 3.8) is 0 Å². The summed E-state index contributed by atoms with van der Waals surface area (Å²) in [5.41, 5.74) is 1.30. The van der Waals surface area contributed by atoms with Crippen LogP contribution in [0.4, 0.5) is 10.5 Å². The second kappa shape index (κ2) is 7.49. The molecule has 0 bridgehead atoms. The molecule has 0 aromatic heterocycles. The molecule has 116 valence electrons. The van der Waals surface area contributed by atoms with Crippen molar-refractivity contribution in [3.05, 3.63) is 64.1 Å². The van der Waals surface area contributed by atoms with E-state index in [0.717, 1.165) is 0 Å². The third-order valence-corrected chi connectivity index (χ3v) is 3.89.